The van der Waals surface area contributed by atoms with Gasteiger partial charge in [0.25, 0.3) is 5.56 Å². The van der Waals surface area contributed by atoms with Crippen molar-refractivity contribution in [2.45, 2.75) is 33.2 Å². The van der Waals surface area contributed by atoms with E-state index in [1.54, 1.807) is 0 Å². The predicted octanol–water partition coefficient (Wildman–Crippen LogP) is 0.735. The van der Waals surface area contributed by atoms with E-state index < -0.39 is 0 Å². The molecule has 2 rings (SSSR count). The van der Waals surface area contributed by atoms with Crippen LogP contribution in [0.25, 0.3) is 0 Å². The summed E-state index contributed by atoms with van der Waals surface area (Å²) in [4.78, 5) is 18.2. The zero-order valence-electron chi connectivity index (χ0n) is 9.22. The normalized spacial score (nSPS) is 19.8. The third-order valence-electron chi connectivity index (χ3n) is 2.80. The highest BCUT2D eigenvalue weighted by atomic mass is 16.1. The molecule has 0 fully saturated rings. The van der Waals surface area contributed by atoms with Crippen molar-refractivity contribution in [1.82, 2.24) is 9.97 Å². The molecule has 5 heteroatoms. The molecule has 1 aromatic rings. The third-order valence-corrected chi connectivity index (χ3v) is 2.80. The Labute approximate surface area is 88.1 Å². The average Bonchev–Trinajstić information content (AvgIpc) is 2.46. The minimum Gasteiger partial charge on any atom is -0.369 e. The first-order chi connectivity index (χ1) is 6.88. The second kappa shape index (κ2) is 2.98. The Kier molecular flexibility index (Phi) is 1.99. The molecule has 2 heterocycles. The van der Waals surface area contributed by atoms with Crippen LogP contribution >= 0.6 is 0 Å². The van der Waals surface area contributed by atoms with Gasteiger partial charge in [0.05, 0.1) is 5.56 Å². The summed E-state index contributed by atoms with van der Waals surface area (Å²) in [6, 6.07) is 0.239. The fourth-order valence-electron chi connectivity index (χ4n) is 1.77. The smallest absolute Gasteiger partial charge is 0.257 e. The van der Waals surface area contributed by atoms with E-state index in [-0.39, 0.29) is 23.0 Å². The zero-order valence-corrected chi connectivity index (χ0v) is 9.22. The van der Waals surface area contributed by atoms with Gasteiger partial charge in [-0.05, 0) is 5.41 Å². The lowest BCUT2D eigenvalue weighted by Crippen LogP contribution is -2.32. The molecular weight excluding hydrogens is 192 g/mol. The second-order valence-electron chi connectivity index (χ2n) is 5.05. The zero-order chi connectivity index (χ0) is 11.2. The van der Waals surface area contributed by atoms with Gasteiger partial charge in [0, 0.05) is 12.5 Å². The first-order valence-electron chi connectivity index (χ1n) is 5.03. The van der Waals surface area contributed by atoms with Gasteiger partial charge in [-0.1, -0.05) is 20.8 Å². The molecule has 0 aliphatic carbocycles. The first kappa shape index (κ1) is 10.0. The van der Waals surface area contributed by atoms with E-state index in [0.717, 1.165) is 0 Å². The van der Waals surface area contributed by atoms with E-state index in [2.05, 4.69) is 36.1 Å². The molecule has 0 unspecified atom stereocenters. The fraction of sp³-hybridized carbons (Fsp3) is 0.600. The second-order valence-corrected chi connectivity index (χ2v) is 5.05. The summed E-state index contributed by atoms with van der Waals surface area (Å²) in [7, 11) is 0. The maximum Gasteiger partial charge on any atom is 0.257 e. The molecule has 4 N–H and O–H groups in total. The van der Waals surface area contributed by atoms with Gasteiger partial charge in [-0.15, -0.1) is 0 Å². The van der Waals surface area contributed by atoms with Crippen LogP contribution in [0.15, 0.2) is 4.79 Å². The van der Waals surface area contributed by atoms with Crippen LogP contribution in [0.4, 0.5) is 11.8 Å². The molecule has 5 nitrogen and oxygen atoms in total. The minimum absolute atomic E-state index is 0.0991. The number of rotatable bonds is 0. The molecule has 0 aromatic carbocycles. The Balaban J connectivity index is 2.40. The van der Waals surface area contributed by atoms with E-state index in [1.807, 2.05) is 0 Å². The quantitative estimate of drug-likeness (QED) is 0.587. The van der Waals surface area contributed by atoms with Crippen molar-refractivity contribution in [2.24, 2.45) is 5.41 Å². The van der Waals surface area contributed by atoms with Crippen molar-refractivity contribution in [2.75, 3.05) is 11.1 Å². The number of aromatic nitrogens is 2. The Morgan fingerprint density at radius 2 is 2.13 bits per heavy atom. The highest BCUT2D eigenvalue weighted by Gasteiger charge is 2.33. The number of H-pyrrole nitrogens is 1. The van der Waals surface area contributed by atoms with Crippen LogP contribution in [0.2, 0.25) is 0 Å². The van der Waals surface area contributed by atoms with Gasteiger partial charge >= 0.3 is 0 Å². The summed E-state index contributed by atoms with van der Waals surface area (Å²) in [5.41, 5.74) is 6.16. The molecule has 1 atom stereocenters. The lowest BCUT2D eigenvalue weighted by molar-refractivity contribution is 0.347. The maximum absolute atomic E-state index is 11.6. The Morgan fingerprint density at radius 1 is 1.47 bits per heavy atom. The summed E-state index contributed by atoms with van der Waals surface area (Å²) in [6.07, 6.45) is 0.710. The van der Waals surface area contributed by atoms with E-state index in [9.17, 15) is 4.79 Å². The van der Waals surface area contributed by atoms with Gasteiger partial charge in [0.2, 0.25) is 5.95 Å². The number of nitrogens with zero attached hydrogens (tertiary/aromatic N) is 1. The van der Waals surface area contributed by atoms with Crippen LogP contribution in [-0.2, 0) is 6.42 Å². The lowest BCUT2D eigenvalue weighted by atomic mass is 9.85. The molecule has 0 saturated heterocycles. The summed E-state index contributed by atoms with van der Waals surface area (Å²) >= 11 is 0. The summed E-state index contributed by atoms with van der Waals surface area (Å²) in [5.74, 6) is 0.803. The van der Waals surface area contributed by atoms with Crippen LogP contribution in [0.3, 0.4) is 0 Å². The van der Waals surface area contributed by atoms with Gasteiger partial charge in [-0.2, -0.15) is 4.98 Å². The van der Waals surface area contributed by atoms with Crippen molar-refractivity contribution in [3.05, 3.63) is 15.9 Å². The number of nitrogens with one attached hydrogen (secondary N) is 2. The van der Waals surface area contributed by atoms with Gasteiger partial charge in [0.1, 0.15) is 5.82 Å². The molecule has 1 aliphatic heterocycles. The molecule has 15 heavy (non-hydrogen) atoms. The van der Waals surface area contributed by atoms with Gasteiger partial charge in [0.15, 0.2) is 0 Å². The number of anilines is 2. The third kappa shape index (κ3) is 1.69. The summed E-state index contributed by atoms with van der Waals surface area (Å²) < 4.78 is 0. The van der Waals surface area contributed by atoms with Crippen molar-refractivity contribution in [3.63, 3.8) is 0 Å². The van der Waals surface area contributed by atoms with Crippen LogP contribution in [0, 0.1) is 5.41 Å². The molecule has 0 bridgehead atoms. The first-order valence-corrected chi connectivity index (χ1v) is 5.03. The van der Waals surface area contributed by atoms with Crippen molar-refractivity contribution < 1.29 is 0 Å². The molecular formula is C10H16N4O. The van der Waals surface area contributed by atoms with Crippen LogP contribution in [0.5, 0.6) is 0 Å². The molecule has 1 aliphatic rings. The van der Waals surface area contributed by atoms with Crippen LogP contribution < -0.4 is 16.6 Å². The molecule has 0 amide bonds. The van der Waals surface area contributed by atoms with Gasteiger partial charge in [-0.3, -0.25) is 9.78 Å². The number of hydrogen-bond acceptors (Lipinski definition) is 4. The Morgan fingerprint density at radius 3 is 2.73 bits per heavy atom. The Hall–Kier alpha value is -1.52. The van der Waals surface area contributed by atoms with Crippen molar-refractivity contribution >= 4 is 11.8 Å². The number of nitrogens with two attached hydrogens (primary N) is 1. The van der Waals surface area contributed by atoms with E-state index in [0.29, 0.717) is 17.8 Å². The standard InChI is InChI=1S/C10H16N4O/c1-10(2,3)6-4-5-7(12-6)13-9(11)14-8(5)15/h6H,4H2,1-3H3,(H4,11,12,13,14,15)/t6-/m1/s1. The van der Waals surface area contributed by atoms with E-state index in [1.165, 1.54) is 0 Å². The SMILES string of the molecule is CC(C)(C)[C@H]1Cc2c(nc(N)[nH]c2=O)N1. The number of nitrogen functional groups attached to an aromatic ring is 1. The number of fused-ring (bicyclic) bond motifs is 1. The molecule has 1 aromatic heterocycles. The molecule has 0 radical (unpaired) electrons. The van der Waals surface area contributed by atoms with Gasteiger partial charge in [-0.25, -0.2) is 0 Å². The molecule has 0 saturated carbocycles. The predicted molar refractivity (Wildman–Crippen MR) is 59.8 cm³/mol. The monoisotopic (exact) mass is 208 g/mol. The lowest BCUT2D eigenvalue weighted by Gasteiger charge is -2.26. The molecule has 82 valence electrons. The van der Waals surface area contributed by atoms with Crippen LogP contribution in [0.1, 0.15) is 26.3 Å². The topological polar surface area (TPSA) is 83.8 Å². The Bertz CT molecular complexity index is 444. The average molecular weight is 208 g/mol. The molecule has 0 spiro atoms. The van der Waals surface area contributed by atoms with E-state index in [4.69, 9.17) is 5.73 Å². The number of aromatic amines is 1. The van der Waals surface area contributed by atoms with Crippen LogP contribution in [-0.4, -0.2) is 16.0 Å². The van der Waals surface area contributed by atoms with Gasteiger partial charge < -0.3 is 11.1 Å². The summed E-state index contributed by atoms with van der Waals surface area (Å²) in [6.45, 7) is 6.40. The van der Waals surface area contributed by atoms with Crippen molar-refractivity contribution in [1.29, 1.82) is 0 Å². The largest absolute Gasteiger partial charge is 0.369 e. The van der Waals surface area contributed by atoms with E-state index >= 15 is 0 Å². The fourth-order valence-corrected chi connectivity index (χ4v) is 1.77. The highest BCUT2D eigenvalue weighted by Crippen LogP contribution is 2.31. The summed E-state index contributed by atoms with van der Waals surface area (Å²) in [5, 5.41) is 3.24. The van der Waals surface area contributed by atoms with Crippen molar-refractivity contribution in [3.8, 4) is 0 Å². The minimum atomic E-state index is -0.128. The highest BCUT2D eigenvalue weighted by molar-refractivity contribution is 5.52. The maximum atomic E-state index is 11.6. The number of hydrogen-bond donors (Lipinski definition) is 3.